The summed E-state index contributed by atoms with van der Waals surface area (Å²) in [6.07, 6.45) is 8.85. The lowest BCUT2D eigenvalue weighted by Gasteiger charge is -2.18. The summed E-state index contributed by atoms with van der Waals surface area (Å²) >= 11 is 0. The van der Waals surface area contributed by atoms with Gasteiger partial charge in [0.1, 0.15) is 6.10 Å². The number of esters is 1. The normalized spacial score (nSPS) is 19.6. The number of allylic oxidation sites excluding steroid dienone is 2. The van der Waals surface area contributed by atoms with Gasteiger partial charge in [0.25, 0.3) is 0 Å². The van der Waals surface area contributed by atoms with Gasteiger partial charge in [0.2, 0.25) is 5.76 Å². The number of carbonyl (C=O) groups excluding carboxylic acids is 1. The van der Waals surface area contributed by atoms with Crippen molar-refractivity contribution < 1.29 is 29.6 Å². The molecule has 1 aliphatic rings. The van der Waals surface area contributed by atoms with E-state index in [2.05, 4.69) is 33.8 Å². The molecule has 0 bridgehead atoms. The summed E-state index contributed by atoms with van der Waals surface area (Å²) in [6, 6.07) is 0. The number of hydrogen-bond acceptors (Lipinski definition) is 6. The Bertz CT molecular complexity index is 552. The molecule has 0 aromatic carbocycles. The Labute approximate surface area is 175 Å². The minimum atomic E-state index is -1.31. The van der Waals surface area contributed by atoms with Gasteiger partial charge in [-0.15, -0.1) is 0 Å². The largest absolute Gasteiger partial charge is 0.499 e. The molecule has 6 nitrogen and oxygen atoms in total. The molecule has 0 aliphatic carbocycles. The molecule has 0 aromatic rings. The van der Waals surface area contributed by atoms with Gasteiger partial charge in [0.05, 0.1) is 13.2 Å². The fourth-order valence-corrected chi connectivity index (χ4v) is 3.42. The van der Waals surface area contributed by atoms with Crippen LogP contribution in [0.5, 0.6) is 0 Å². The van der Waals surface area contributed by atoms with Crippen LogP contribution in [-0.4, -0.2) is 46.7 Å². The summed E-state index contributed by atoms with van der Waals surface area (Å²) in [6.45, 7) is 8.76. The second-order valence-electron chi connectivity index (χ2n) is 8.65. The molecule has 3 N–H and O–H groups in total. The molecule has 3 unspecified atom stereocenters. The molecule has 0 spiro atoms. The van der Waals surface area contributed by atoms with Crippen LogP contribution in [0.1, 0.15) is 79.1 Å². The average molecular weight is 413 g/mol. The summed E-state index contributed by atoms with van der Waals surface area (Å²) in [4.78, 5) is 11.4. The van der Waals surface area contributed by atoms with Crippen molar-refractivity contribution in [1.82, 2.24) is 0 Å². The summed E-state index contributed by atoms with van der Waals surface area (Å²) in [7, 11) is 0. The average Bonchev–Trinajstić information content (AvgIpc) is 2.95. The van der Waals surface area contributed by atoms with Crippen molar-refractivity contribution in [2.75, 3.05) is 13.2 Å². The van der Waals surface area contributed by atoms with Crippen molar-refractivity contribution in [2.24, 2.45) is 11.8 Å². The van der Waals surface area contributed by atoms with Crippen molar-refractivity contribution in [2.45, 2.75) is 91.3 Å². The molecule has 1 aliphatic heterocycles. The zero-order valence-corrected chi connectivity index (χ0v) is 18.5. The fourth-order valence-electron chi connectivity index (χ4n) is 3.42. The topological polar surface area (TPSA) is 96.2 Å². The molecule has 0 saturated heterocycles. The Morgan fingerprint density at radius 1 is 1.17 bits per heavy atom. The van der Waals surface area contributed by atoms with Crippen LogP contribution in [0, 0.1) is 11.8 Å². The summed E-state index contributed by atoms with van der Waals surface area (Å²) in [5.74, 6) is -0.0782. The maximum Gasteiger partial charge on any atom is 0.378 e. The summed E-state index contributed by atoms with van der Waals surface area (Å²) in [5, 5.41) is 28.4. The number of carbonyl (C=O) groups is 1. The van der Waals surface area contributed by atoms with Gasteiger partial charge >= 0.3 is 5.97 Å². The Morgan fingerprint density at radius 2 is 1.86 bits per heavy atom. The zero-order valence-electron chi connectivity index (χ0n) is 18.5. The van der Waals surface area contributed by atoms with Gasteiger partial charge in [-0.2, -0.15) is 0 Å². The number of hydrogen-bond donors (Lipinski definition) is 3. The van der Waals surface area contributed by atoms with E-state index < -0.39 is 30.5 Å². The van der Waals surface area contributed by atoms with E-state index in [-0.39, 0.29) is 5.76 Å². The third-order valence-electron chi connectivity index (χ3n) is 5.30. The fraction of sp³-hybridized carbons (Fsp3) is 0.783. The molecule has 0 fully saturated rings. The smallest absolute Gasteiger partial charge is 0.378 e. The maximum atomic E-state index is 11.4. The van der Waals surface area contributed by atoms with Crippen LogP contribution < -0.4 is 0 Å². The monoisotopic (exact) mass is 412 g/mol. The second kappa shape index (κ2) is 13.6. The molecular formula is C23H40O6. The van der Waals surface area contributed by atoms with Crippen LogP contribution >= 0.6 is 0 Å². The molecule has 0 saturated carbocycles. The van der Waals surface area contributed by atoms with Crippen molar-refractivity contribution in [3.05, 3.63) is 23.2 Å². The predicted molar refractivity (Wildman–Crippen MR) is 113 cm³/mol. The highest BCUT2D eigenvalue weighted by Crippen LogP contribution is 2.25. The van der Waals surface area contributed by atoms with Crippen LogP contribution in [0.25, 0.3) is 0 Å². The standard InChI is InChI=1S/C23H40O6/c1-16(2)9-7-11-18(4)13-8-12-17(3)10-5-6-14-28-22-20(26)23(27)29-21(22)19(25)15-24/h10,16,18-19,21,24-26H,5-9,11-15H2,1-4H3/b17-10+. The van der Waals surface area contributed by atoms with E-state index in [1.807, 2.05) is 0 Å². The Hall–Kier alpha value is -1.53. The second-order valence-corrected chi connectivity index (χ2v) is 8.65. The van der Waals surface area contributed by atoms with E-state index >= 15 is 0 Å². The van der Waals surface area contributed by atoms with E-state index in [9.17, 15) is 15.0 Å². The van der Waals surface area contributed by atoms with Gasteiger partial charge in [-0.1, -0.05) is 58.1 Å². The van der Waals surface area contributed by atoms with Gasteiger partial charge in [-0.05, 0) is 44.4 Å². The van der Waals surface area contributed by atoms with Gasteiger partial charge in [0, 0.05) is 0 Å². The Morgan fingerprint density at radius 3 is 2.52 bits per heavy atom. The number of unbranched alkanes of at least 4 members (excludes halogenated alkanes) is 1. The van der Waals surface area contributed by atoms with Crippen molar-refractivity contribution in [3.8, 4) is 0 Å². The molecule has 168 valence electrons. The number of rotatable bonds is 15. The van der Waals surface area contributed by atoms with Crippen LogP contribution in [0.15, 0.2) is 23.2 Å². The van der Waals surface area contributed by atoms with Gasteiger partial charge in [-0.25, -0.2) is 4.79 Å². The van der Waals surface area contributed by atoms with E-state index in [1.165, 1.54) is 37.7 Å². The van der Waals surface area contributed by atoms with E-state index in [1.54, 1.807) is 0 Å². The zero-order chi connectivity index (χ0) is 21.8. The lowest BCUT2D eigenvalue weighted by atomic mass is 9.94. The van der Waals surface area contributed by atoms with Crippen molar-refractivity contribution in [3.63, 3.8) is 0 Å². The molecule has 29 heavy (non-hydrogen) atoms. The van der Waals surface area contributed by atoms with Crippen molar-refractivity contribution in [1.29, 1.82) is 0 Å². The first-order valence-electron chi connectivity index (χ1n) is 11.0. The lowest BCUT2D eigenvalue weighted by molar-refractivity contribution is -0.148. The van der Waals surface area contributed by atoms with Crippen LogP contribution in [0.3, 0.4) is 0 Å². The quantitative estimate of drug-likeness (QED) is 0.209. The minimum absolute atomic E-state index is 0.0938. The number of cyclic esters (lactones) is 1. The summed E-state index contributed by atoms with van der Waals surface area (Å²) in [5.41, 5.74) is 1.37. The van der Waals surface area contributed by atoms with E-state index in [0.29, 0.717) is 6.61 Å². The highest BCUT2D eigenvalue weighted by molar-refractivity contribution is 5.89. The van der Waals surface area contributed by atoms with Gasteiger partial charge in [-0.3, -0.25) is 0 Å². The first-order chi connectivity index (χ1) is 13.8. The predicted octanol–water partition coefficient (Wildman–Crippen LogP) is 4.41. The van der Waals surface area contributed by atoms with Crippen LogP contribution in [0.4, 0.5) is 0 Å². The first kappa shape index (κ1) is 25.5. The Kier molecular flexibility index (Phi) is 12.0. The number of aliphatic hydroxyl groups is 3. The highest BCUT2D eigenvalue weighted by atomic mass is 16.6. The SMILES string of the molecule is C/C(=C\CCCOC1=C(O)C(=O)OC1C(O)CO)CCCC(C)CCCC(C)C. The highest BCUT2D eigenvalue weighted by Gasteiger charge is 2.40. The van der Waals surface area contributed by atoms with E-state index in [4.69, 9.17) is 14.6 Å². The molecule has 0 radical (unpaired) electrons. The molecule has 1 rings (SSSR count). The Balaban J connectivity index is 2.22. The van der Waals surface area contributed by atoms with Crippen LogP contribution in [-0.2, 0) is 14.3 Å². The minimum Gasteiger partial charge on any atom is -0.499 e. The molecule has 6 heteroatoms. The third kappa shape index (κ3) is 9.68. The molecule has 1 heterocycles. The molecule has 0 aromatic heterocycles. The van der Waals surface area contributed by atoms with Crippen molar-refractivity contribution >= 4 is 5.97 Å². The van der Waals surface area contributed by atoms with E-state index in [0.717, 1.165) is 31.1 Å². The maximum absolute atomic E-state index is 11.4. The van der Waals surface area contributed by atoms with Crippen LogP contribution in [0.2, 0.25) is 0 Å². The number of aliphatic hydroxyl groups excluding tert-OH is 3. The molecular weight excluding hydrogens is 372 g/mol. The molecule has 0 amide bonds. The van der Waals surface area contributed by atoms with Gasteiger partial charge < -0.3 is 24.8 Å². The first-order valence-corrected chi connectivity index (χ1v) is 11.0. The lowest BCUT2D eigenvalue weighted by Crippen LogP contribution is -2.32. The number of ether oxygens (including phenoxy) is 2. The van der Waals surface area contributed by atoms with Gasteiger partial charge in [0.15, 0.2) is 11.9 Å². The molecule has 3 atom stereocenters. The third-order valence-corrected chi connectivity index (χ3v) is 5.30. The summed E-state index contributed by atoms with van der Waals surface area (Å²) < 4.78 is 10.3.